The number of nitrogens with zero attached hydrogens (tertiary/aromatic N) is 1. The molecule has 20 heavy (non-hydrogen) atoms. The van der Waals surface area contributed by atoms with Crippen LogP contribution in [0.4, 0.5) is 0 Å². The molecule has 2 aromatic rings. The molecular weight excluding hydrogens is 274 g/mol. The van der Waals surface area contributed by atoms with E-state index in [9.17, 15) is 9.59 Å². The summed E-state index contributed by atoms with van der Waals surface area (Å²) in [6.07, 6.45) is 0. The number of rotatable bonds is 0. The molecule has 100 valence electrons. The summed E-state index contributed by atoms with van der Waals surface area (Å²) in [7, 11) is 0. The van der Waals surface area contributed by atoms with Gasteiger partial charge in [0, 0.05) is 11.1 Å². The van der Waals surface area contributed by atoms with Gasteiger partial charge in [-0.1, -0.05) is 11.6 Å². The number of benzene rings is 1. The Balaban J connectivity index is 2.36. The van der Waals surface area contributed by atoms with E-state index in [1.54, 1.807) is 25.1 Å². The van der Waals surface area contributed by atoms with Crippen molar-refractivity contribution in [2.75, 3.05) is 0 Å². The van der Waals surface area contributed by atoms with Gasteiger partial charge in [0.1, 0.15) is 10.8 Å². The number of hydrogen-bond donors (Lipinski definition) is 0. The zero-order valence-corrected chi connectivity index (χ0v) is 12.1. The first-order valence-electron chi connectivity index (χ1n) is 6.28. The molecule has 0 unspecified atom stereocenters. The monoisotopic (exact) mass is 285 g/mol. The highest BCUT2D eigenvalue weighted by Gasteiger charge is 2.33. The van der Waals surface area contributed by atoms with E-state index in [0.29, 0.717) is 22.3 Å². The maximum atomic E-state index is 12.6. The van der Waals surface area contributed by atoms with E-state index in [0.717, 1.165) is 11.1 Å². The van der Waals surface area contributed by atoms with Crippen molar-refractivity contribution in [2.24, 2.45) is 0 Å². The van der Waals surface area contributed by atoms with E-state index in [1.165, 1.54) is 0 Å². The number of aromatic nitrogens is 1. The standard InChI is InChI=1S/C16H12ClNO2/c1-7-4-10-11(5-8(7)2)16(20)14-13(15(10)19)9(3)6-12(17)18-14/h4-6H,1-3H3. The molecule has 1 aromatic carbocycles. The molecule has 1 aliphatic rings. The zero-order chi connectivity index (χ0) is 14.6. The fourth-order valence-corrected chi connectivity index (χ4v) is 2.79. The summed E-state index contributed by atoms with van der Waals surface area (Å²) in [6.45, 7) is 5.61. The summed E-state index contributed by atoms with van der Waals surface area (Å²) in [5, 5.41) is 0.231. The van der Waals surface area contributed by atoms with Crippen molar-refractivity contribution < 1.29 is 9.59 Å². The molecule has 1 heterocycles. The molecule has 1 aromatic heterocycles. The summed E-state index contributed by atoms with van der Waals surface area (Å²) in [5.41, 5.74) is 4.06. The highest BCUT2D eigenvalue weighted by Crippen LogP contribution is 2.31. The molecule has 0 N–H and O–H groups in total. The first kappa shape index (κ1) is 13.0. The van der Waals surface area contributed by atoms with Crippen LogP contribution in [0.25, 0.3) is 0 Å². The van der Waals surface area contributed by atoms with E-state index >= 15 is 0 Å². The molecule has 4 heteroatoms. The highest BCUT2D eigenvalue weighted by atomic mass is 35.5. The molecule has 0 saturated carbocycles. The van der Waals surface area contributed by atoms with Crippen LogP contribution in [-0.2, 0) is 0 Å². The van der Waals surface area contributed by atoms with Crippen molar-refractivity contribution in [3.05, 3.63) is 62.4 Å². The predicted molar refractivity (Wildman–Crippen MR) is 76.8 cm³/mol. The topological polar surface area (TPSA) is 47.0 Å². The second-order valence-electron chi connectivity index (χ2n) is 5.13. The summed E-state index contributed by atoms with van der Waals surface area (Å²) in [6, 6.07) is 5.14. The molecule has 0 radical (unpaired) electrons. The van der Waals surface area contributed by atoms with Crippen LogP contribution >= 0.6 is 11.6 Å². The zero-order valence-electron chi connectivity index (χ0n) is 11.4. The lowest BCUT2D eigenvalue weighted by Gasteiger charge is -2.19. The normalized spacial score (nSPS) is 13.2. The maximum absolute atomic E-state index is 12.6. The SMILES string of the molecule is Cc1cc2c(cc1C)C(=O)c1c(C)cc(Cl)nc1C2=O. The lowest BCUT2D eigenvalue weighted by atomic mass is 9.83. The molecule has 0 fully saturated rings. The maximum Gasteiger partial charge on any atom is 0.212 e. The van der Waals surface area contributed by atoms with Gasteiger partial charge in [0.15, 0.2) is 5.78 Å². The summed E-state index contributed by atoms with van der Waals surface area (Å²) < 4.78 is 0. The van der Waals surface area contributed by atoms with Crippen LogP contribution in [0, 0.1) is 20.8 Å². The van der Waals surface area contributed by atoms with E-state index in [4.69, 9.17) is 11.6 Å². The van der Waals surface area contributed by atoms with Gasteiger partial charge in [0.2, 0.25) is 5.78 Å². The molecule has 3 rings (SSSR count). The minimum Gasteiger partial charge on any atom is -0.288 e. The van der Waals surface area contributed by atoms with Gasteiger partial charge in [0.05, 0.1) is 5.56 Å². The molecular formula is C16H12ClNO2. The van der Waals surface area contributed by atoms with E-state index < -0.39 is 0 Å². The fraction of sp³-hybridized carbons (Fsp3) is 0.188. The number of aryl methyl sites for hydroxylation is 3. The van der Waals surface area contributed by atoms with Crippen LogP contribution in [0.5, 0.6) is 0 Å². The largest absolute Gasteiger partial charge is 0.288 e. The summed E-state index contributed by atoms with van der Waals surface area (Å²) in [4.78, 5) is 29.2. The van der Waals surface area contributed by atoms with Gasteiger partial charge in [-0.2, -0.15) is 0 Å². The Labute approximate surface area is 121 Å². The molecule has 1 aliphatic carbocycles. The number of fused-ring (bicyclic) bond motifs is 2. The Morgan fingerprint density at radius 1 is 0.850 bits per heavy atom. The number of hydrogen-bond acceptors (Lipinski definition) is 3. The molecule has 3 nitrogen and oxygen atoms in total. The lowest BCUT2D eigenvalue weighted by Crippen LogP contribution is -2.24. The predicted octanol–water partition coefficient (Wildman–Crippen LogP) is 3.44. The molecule has 0 saturated heterocycles. The van der Waals surface area contributed by atoms with Crippen molar-refractivity contribution in [2.45, 2.75) is 20.8 Å². The Bertz CT molecular complexity index is 794. The Hall–Kier alpha value is -2.00. The van der Waals surface area contributed by atoms with Gasteiger partial charge >= 0.3 is 0 Å². The van der Waals surface area contributed by atoms with Gasteiger partial charge in [-0.15, -0.1) is 0 Å². The summed E-state index contributed by atoms with van der Waals surface area (Å²) >= 11 is 5.90. The van der Waals surface area contributed by atoms with Gasteiger partial charge in [-0.25, -0.2) is 4.98 Å². The number of pyridine rings is 1. The van der Waals surface area contributed by atoms with E-state index in [2.05, 4.69) is 4.98 Å². The van der Waals surface area contributed by atoms with Crippen molar-refractivity contribution in [1.82, 2.24) is 4.98 Å². The smallest absolute Gasteiger partial charge is 0.212 e. The van der Waals surface area contributed by atoms with Crippen LogP contribution in [0.2, 0.25) is 5.15 Å². The average molecular weight is 286 g/mol. The number of halogens is 1. The molecule has 0 aliphatic heterocycles. The Morgan fingerprint density at radius 2 is 1.40 bits per heavy atom. The highest BCUT2D eigenvalue weighted by molar-refractivity contribution is 6.32. The van der Waals surface area contributed by atoms with Crippen LogP contribution in [0.1, 0.15) is 48.7 Å². The third-order valence-corrected chi connectivity index (χ3v) is 3.94. The van der Waals surface area contributed by atoms with Crippen molar-refractivity contribution in [3.63, 3.8) is 0 Å². The van der Waals surface area contributed by atoms with Crippen LogP contribution in [0.15, 0.2) is 18.2 Å². The second kappa shape index (κ2) is 4.25. The second-order valence-corrected chi connectivity index (χ2v) is 5.51. The number of carbonyl (C=O) groups is 2. The fourth-order valence-electron chi connectivity index (χ4n) is 2.54. The van der Waals surface area contributed by atoms with Crippen LogP contribution in [0.3, 0.4) is 0 Å². The van der Waals surface area contributed by atoms with E-state index in [1.807, 2.05) is 13.8 Å². The van der Waals surface area contributed by atoms with E-state index in [-0.39, 0.29) is 22.4 Å². The minimum absolute atomic E-state index is 0.153. The van der Waals surface area contributed by atoms with Gasteiger partial charge in [-0.3, -0.25) is 9.59 Å². The van der Waals surface area contributed by atoms with Crippen molar-refractivity contribution in [3.8, 4) is 0 Å². The van der Waals surface area contributed by atoms with Gasteiger partial charge in [0.25, 0.3) is 0 Å². The summed E-state index contributed by atoms with van der Waals surface area (Å²) in [5.74, 6) is -0.386. The molecule has 0 atom stereocenters. The third-order valence-electron chi connectivity index (χ3n) is 3.75. The van der Waals surface area contributed by atoms with Crippen molar-refractivity contribution in [1.29, 1.82) is 0 Å². The minimum atomic E-state index is -0.233. The lowest BCUT2D eigenvalue weighted by molar-refractivity contribution is 0.0974. The number of ketones is 2. The van der Waals surface area contributed by atoms with Crippen LogP contribution < -0.4 is 0 Å². The molecule has 0 bridgehead atoms. The van der Waals surface area contributed by atoms with Crippen molar-refractivity contribution >= 4 is 23.2 Å². The average Bonchev–Trinajstić information content (AvgIpc) is 2.37. The van der Waals surface area contributed by atoms with Gasteiger partial charge in [-0.05, 0) is 55.7 Å². The van der Waals surface area contributed by atoms with Gasteiger partial charge < -0.3 is 0 Å². The van der Waals surface area contributed by atoms with Crippen LogP contribution in [-0.4, -0.2) is 16.6 Å². The quantitative estimate of drug-likeness (QED) is 0.595. The first-order chi connectivity index (χ1) is 9.40. The Kier molecular flexibility index (Phi) is 2.76. The number of carbonyl (C=O) groups excluding carboxylic acids is 2. The third kappa shape index (κ3) is 1.70. The first-order valence-corrected chi connectivity index (χ1v) is 6.65. The Morgan fingerprint density at radius 3 is 2.00 bits per heavy atom. The molecule has 0 spiro atoms. The molecule has 0 amide bonds.